The Kier molecular flexibility index (Phi) is 6.10. The number of hydrogen-bond donors (Lipinski definition) is 1. The van der Waals surface area contributed by atoms with Crippen LogP contribution in [0.15, 0.2) is 23.1 Å². The van der Waals surface area contributed by atoms with E-state index in [0.717, 1.165) is 50.6 Å². The van der Waals surface area contributed by atoms with Crippen LogP contribution < -0.4 is 5.32 Å². The molecule has 2 aliphatic rings. The Labute approximate surface area is 151 Å². The maximum absolute atomic E-state index is 12.4. The van der Waals surface area contributed by atoms with E-state index in [9.17, 15) is 4.79 Å². The van der Waals surface area contributed by atoms with Crippen molar-refractivity contribution in [3.63, 3.8) is 0 Å². The number of hydrogen-bond acceptors (Lipinski definition) is 4. The molecule has 3 rings (SSSR count). The Bertz CT molecular complexity index is 566. The average Bonchev–Trinajstić information content (AvgIpc) is 3.06. The number of likely N-dealkylation sites (tertiary alicyclic amines) is 1. The fraction of sp³-hybridized carbons (Fsp3) is 0.562. The van der Waals surface area contributed by atoms with Crippen molar-refractivity contribution in [3.05, 3.63) is 28.2 Å². The first-order valence-electron chi connectivity index (χ1n) is 7.94. The van der Waals surface area contributed by atoms with Crippen molar-refractivity contribution >= 4 is 40.9 Å². The van der Waals surface area contributed by atoms with E-state index in [2.05, 4.69) is 10.2 Å². The number of carbonyl (C=O) groups excluding carboxylic acids is 1. The molecule has 0 radical (unpaired) electrons. The van der Waals surface area contributed by atoms with E-state index in [0.29, 0.717) is 21.8 Å². The molecule has 4 nitrogen and oxygen atoms in total. The van der Waals surface area contributed by atoms with Gasteiger partial charge in [0, 0.05) is 55.2 Å². The van der Waals surface area contributed by atoms with Crippen LogP contribution in [-0.2, 0) is 4.79 Å². The van der Waals surface area contributed by atoms with E-state index in [4.69, 9.17) is 23.2 Å². The number of nitrogens with one attached hydrogen (secondary N) is 1. The number of halogens is 2. The van der Waals surface area contributed by atoms with Gasteiger partial charge in [0.15, 0.2) is 0 Å². The molecule has 2 fully saturated rings. The number of benzene rings is 1. The second-order valence-corrected chi connectivity index (χ2v) is 7.79. The summed E-state index contributed by atoms with van der Waals surface area (Å²) in [7, 11) is 0. The Balaban J connectivity index is 1.50. The molecule has 0 bridgehead atoms. The third kappa shape index (κ3) is 4.54. The van der Waals surface area contributed by atoms with Crippen LogP contribution in [0.4, 0.5) is 0 Å². The topological polar surface area (TPSA) is 35.6 Å². The van der Waals surface area contributed by atoms with Crippen molar-refractivity contribution in [2.75, 3.05) is 45.0 Å². The van der Waals surface area contributed by atoms with Gasteiger partial charge >= 0.3 is 0 Å². The smallest absolute Gasteiger partial charge is 0.232 e. The summed E-state index contributed by atoms with van der Waals surface area (Å²) in [6.07, 6.45) is 1.08. The van der Waals surface area contributed by atoms with Gasteiger partial charge < -0.3 is 10.2 Å². The van der Waals surface area contributed by atoms with Gasteiger partial charge in [-0.1, -0.05) is 23.2 Å². The largest absolute Gasteiger partial charge is 0.340 e. The van der Waals surface area contributed by atoms with Gasteiger partial charge in [-0.2, -0.15) is 0 Å². The molecular formula is C16H21Cl2N3OS. The number of rotatable bonds is 4. The molecule has 126 valence electrons. The summed E-state index contributed by atoms with van der Waals surface area (Å²) < 4.78 is 0. The molecule has 7 heteroatoms. The monoisotopic (exact) mass is 373 g/mol. The summed E-state index contributed by atoms with van der Waals surface area (Å²) in [6, 6.07) is 5.86. The zero-order valence-corrected chi connectivity index (χ0v) is 15.3. The molecule has 1 N–H and O–H groups in total. The molecule has 0 saturated carbocycles. The summed E-state index contributed by atoms with van der Waals surface area (Å²) in [6.45, 7) is 5.97. The van der Waals surface area contributed by atoms with Crippen molar-refractivity contribution in [3.8, 4) is 0 Å². The van der Waals surface area contributed by atoms with Gasteiger partial charge in [-0.15, -0.1) is 11.8 Å². The Morgan fingerprint density at radius 2 is 2.04 bits per heavy atom. The van der Waals surface area contributed by atoms with E-state index >= 15 is 0 Å². The molecule has 0 spiro atoms. The van der Waals surface area contributed by atoms with Gasteiger partial charge in [0.25, 0.3) is 0 Å². The van der Waals surface area contributed by atoms with Crippen LogP contribution in [0.25, 0.3) is 0 Å². The third-order valence-corrected chi connectivity index (χ3v) is 6.15. The van der Waals surface area contributed by atoms with Gasteiger partial charge in [0.1, 0.15) is 0 Å². The van der Waals surface area contributed by atoms with Gasteiger partial charge in [0.2, 0.25) is 5.91 Å². The average molecular weight is 374 g/mol. The van der Waals surface area contributed by atoms with Crippen LogP contribution in [-0.4, -0.2) is 66.8 Å². The molecule has 0 aliphatic carbocycles. The minimum absolute atomic E-state index is 0.184. The lowest BCUT2D eigenvalue weighted by atomic mass is 10.2. The minimum atomic E-state index is 0.184. The Morgan fingerprint density at radius 3 is 2.83 bits per heavy atom. The summed E-state index contributed by atoms with van der Waals surface area (Å²) in [5.74, 6) is 0.595. The van der Waals surface area contributed by atoms with Crippen LogP contribution in [0, 0.1) is 0 Å². The Morgan fingerprint density at radius 1 is 1.26 bits per heavy atom. The van der Waals surface area contributed by atoms with Crippen LogP contribution >= 0.6 is 35.0 Å². The lowest BCUT2D eigenvalue weighted by Gasteiger charge is -2.32. The first kappa shape index (κ1) is 17.4. The lowest BCUT2D eigenvalue weighted by Crippen LogP contribution is -2.49. The fourth-order valence-electron chi connectivity index (χ4n) is 3.13. The molecule has 2 saturated heterocycles. The first-order valence-corrected chi connectivity index (χ1v) is 9.68. The number of thioether (sulfide) groups is 1. The van der Waals surface area contributed by atoms with Gasteiger partial charge in [0.05, 0.1) is 10.8 Å². The first-order chi connectivity index (χ1) is 11.1. The normalized spacial score (nSPS) is 22.5. The molecule has 2 aliphatic heterocycles. The minimum Gasteiger partial charge on any atom is -0.340 e. The lowest BCUT2D eigenvalue weighted by molar-refractivity contribution is -0.127. The molecule has 1 aromatic rings. The van der Waals surface area contributed by atoms with Crippen molar-refractivity contribution < 1.29 is 4.79 Å². The van der Waals surface area contributed by atoms with Crippen LogP contribution in [0.1, 0.15) is 6.42 Å². The van der Waals surface area contributed by atoms with Gasteiger partial charge in [-0.05, 0) is 24.6 Å². The zero-order valence-electron chi connectivity index (χ0n) is 12.9. The van der Waals surface area contributed by atoms with E-state index in [1.54, 1.807) is 12.1 Å². The zero-order chi connectivity index (χ0) is 16.2. The predicted octanol–water partition coefficient (Wildman–Crippen LogP) is 2.59. The van der Waals surface area contributed by atoms with Crippen molar-refractivity contribution in [1.29, 1.82) is 0 Å². The van der Waals surface area contributed by atoms with Gasteiger partial charge in [-0.3, -0.25) is 9.69 Å². The highest BCUT2D eigenvalue weighted by Gasteiger charge is 2.30. The molecule has 2 heterocycles. The van der Waals surface area contributed by atoms with Crippen molar-refractivity contribution in [1.82, 2.24) is 15.1 Å². The fourth-order valence-corrected chi connectivity index (χ4v) is 4.53. The molecule has 1 unspecified atom stereocenters. The molecule has 1 atom stereocenters. The van der Waals surface area contributed by atoms with Crippen LogP contribution in [0.2, 0.25) is 10.0 Å². The standard InChI is InChI=1S/C16H21Cl2N3OS/c17-12-1-2-14(18)15(9-12)23-11-16(22)21-6-3-13(10-21)20-7-4-19-5-8-20/h1-2,9,13,19H,3-8,10-11H2. The highest BCUT2D eigenvalue weighted by atomic mass is 35.5. The molecule has 0 aromatic heterocycles. The highest BCUT2D eigenvalue weighted by molar-refractivity contribution is 8.00. The highest BCUT2D eigenvalue weighted by Crippen LogP contribution is 2.30. The maximum Gasteiger partial charge on any atom is 0.232 e. The summed E-state index contributed by atoms with van der Waals surface area (Å²) in [5.41, 5.74) is 0. The number of amides is 1. The molecule has 23 heavy (non-hydrogen) atoms. The second-order valence-electron chi connectivity index (χ2n) is 5.93. The van der Waals surface area contributed by atoms with E-state index in [1.165, 1.54) is 11.8 Å². The van der Waals surface area contributed by atoms with E-state index < -0.39 is 0 Å². The maximum atomic E-state index is 12.4. The van der Waals surface area contributed by atoms with Crippen LogP contribution in [0.3, 0.4) is 0 Å². The predicted molar refractivity (Wildman–Crippen MR) is 96.6 cm³/mol. The molecule has 1 amide bonds. The number of piperazine rings is 1. The molecular weight excluding hydrogens is 353 g/mol. The van der Waals surface area contributed by atoms with Gasteiger partial charge in [-0.25, -0.2) is 0 Å². The summed E-state index contributed by atoms with van der Waals surface area (Å²) in [5, 5.41) is 4.66. The third-order valence-electron chi connectivity index (χ3n) is 4.43. The summed E-state index contributed by atoms with van der Waals surface area (Å²) in [4.78, 5) is 17.8. The number of nitrogens with zero attached hydrogens (tertiary/aromatic N) is 2. The van der Waals surface area contributed by atoms with Crippen molar-refractivity contribution in [2.24, 2.45) is 0 Å². The van der Waals surface area contributed by atoms with Crippen molar-refractivity contribution in [2.45, 2.75) is 17.4 Å². The SMILES string of the molecule is O=C(CSc1cc(Cl)ccc1Cl)N1CCC(N2CCNCC2)C1. The number of carbonyl (C=O) groups is 1. The quantitative estimate of drug-likeness (QED) is 0.822. The van der Waals surface area contributed by atoms with Crippen LogP contribution in [0.5, 0.6) is 0 Å². The second kappa shape index (κ2) is 8.08. The van der Waals surface area contributed by atoms with E-state index in [-0.39, 0.29) is 5.91 Å². The Hall–Kier alpha value is -0.460. The molecule has 1 aromatic carbocycles. The van der Waals surface area contributed by atoms with E-state index in [1.807, 2.05) is 11.0 Å². The summed E-state index contributed by atoms with van der Waals surface area (Å²) >= 11 is 13.6.